The Morgan fingerprint density at radius 3 is 2.65 bits per heavy atom. The van der Waals surface area contributed by atoms with Gasteiger partial charge >= 0.3 is 5.97 Å². The predicted molar refractivity (Wildman–Crippen MR) is 85.8 cm³/mol. The molecule has 10 nitrogen and oxygen atoms in total. The number of benzene rings is 1. The summed E-state index contributed by atoms with van der Waals surface area (Å²) in [6, 6.07) is 2.97. The largest absolute Gasteiger partial charge is 0.595 e. The average Bonchev–Trinajstić information content (AvgIpc) is 2.64. The number of ether oxygens (including phenoxy) is 3. The van der Waals surface area contributed by atoms with Crippen LogP contribution in [0.15, 0.2) is 18.2 Å². The van der Waals surface area contributed by atoms with E-state index in [1.54, 1.807) is 0 Å². The van der Waals surface area contributed by atoms with Gasteiger partial charge in [-0.3, -0.25) is 10.1 Å². The van der Waals surface area contributed by atoms with Gasteiger partial charge in [-0.15, -0.1) is 0 Å². The van der Waals surface area contributed by atoms with Crippen LogP contribution in [0.4, 0.5) is 11.4 Å². The zero-order valence-corrected chi connectivity index (χ0v) is 14.0. The highest BCUT2D eigenvalue weighted by molar-refractivity contribution is 5.91. The summed E-state index contributed by atoms with van der Waals surface area (Å²) in [5, 5.41) is 29.9. The third kappa shape index (κ3) is 3.84. The van der Waals surface area contributed by atoms with E-state index in [4.69, 9.17) is 19.4 Å². The first-order valence-corrected chi connectivity index (χ1v) is 8.43. The summed E-state index contributed by atoms with van der Waals surface area (Å²) in [5.74, 6) is -1.82. The minimum Gasteiger partial charge on any atom is -0.595 e. The molecule has 2 N–H and O–H groups in total. The van der Waals surface area contributed by atoms with Crippen LogP contribution in [-0.4, -0.2) is 41.2 Å². The Morgan fingerprint density at radius 2 is 2.00 bits per heavy atom. The number of rotatable bonds is 4. The molecule has 0 aromatic heterocycles. The van der Waals surface area contributed by atoms with Crippen molar-refractivity contribution < 1.29 is 34.4 Å². The number of hydrogen-bond donors (Lipinski definition) is 2. The SMILES string of the molecule is O=C(O[C@H]1CCCO[C@]12CCCCO2)c1cc([N+](=O)[O-])cc([NH+]([O-])O)c1. The summed E-state index contributed by atoms with van der Waals surface area (Å²) < 4.78 is 17.1. The lowest BCUT2D eigenvalue weighted by Gasteiger charge is -2.44. The van der Waals surface area contributed by atoms with Gasteiger partial charge in [0.25, 0.3) is 5.69 Å². The van der Waals surface area contributed by atoms with Crippen molar-refractivity contribution in [3.8, 4) is 0 Å². The summed E-state index contributed by atoms with van der Waals surface area (Å²) in [5.41, 5.74) is -1.02. The minimum absolute atomic E-state index is 0.187. The van der Waals surface area contributed by atoms with Gasteiger partial charge < -0.3 is 19.4 Å². The molecule has 2 heterocycles. The van der Waals surface area contributed by atoms with E-state index < -0.39 is 33.7 Å². The Hall–Kier alpha value is -2.11. The van der Waals surface area contributed by atoms with E-state index in [1.807, 2.05) is 0 Å². The number of quaternary nitrogens is 1. The van der Waals surface area contributed by atoms with Crippen LogP contribution in [0.1, 0.15) is 42.5 Å². The Morgan fingerprint density at radius 1 is 1.27 bits per heavy atom. The van der Waals surface area contributed by atoms with Gasteiger partial charge in [-0.1, -0.05) is 0 Å². The van der Waals surface area contributed by atoms with E-state index in [9.17, 15) is 20.1 Å². The fraction of sp³-hybridized carbons (Fsp3) is 0.562. The van der Waals surface area contributed by atoms with E-state index in [-0.39, 0.29) is 11.3 Å². The van der Waals surface area contributed by atoms with E-state index in [0.717, 1.165) is 31.0 Å². The molecule has 142 valence electrons. The van der Waals surface area contributed by atoms with Crippen LogP contribution in [0.25, 0.3) is 0 Å². The highest BCUT2D eigenvalue weighted by Crippen LogP contribution is 2.37. The molecule has 3 rings (SSSR count). The number of carbonyl (C=O) groups is 1. The lowest BCUT2D eigenvalue weighted by Crippen LogP contribution is -2.99. The molecule has 1 unspecified atom stereocenters. The summed E-state index contributed by atoms with van der Waals surface area (Å²) in [6.07, 6.45) is 2.98. The maximum absolute atomic E-state index is 12.5. The first kappa shape index (κ1) is 18.7. The van der Waals surface area contributed by atoms with Crippen molar-refractivity contribution in [2.75, 3.05) is 13.2 Å². The Labute approximate surface area is 148 Å². The van der Waals surface area contributed by atoms with Gasteiger partial charge in [0.05, 0.1) is 29.8 Å². The second-order valence-corrected chi connectivity index (χ2v) is 6.33. The van der Waals surface area contributed by atoms with Crippen LogP contribution in [0, 0.1) is 15.3 Å². The van der Waals surface area contributed by atoms with E-state index in [2.05, 4.69) is 0 Å². The van der Waals surface area contributed by atoms with Gasteiger partial charge in [-0.25, -0.2) is 10.0 Å². The summed E-state index contributed by atoms with van der Waals surface area (Å²) in [4.78, 5) is 22.8. The molecule has 10 heteroatoms. The zero-order valence-electron chi connectivity index (χ0n) is 14.0. The van der Waals surface area contributed by atoms with Crippen LogP contribution >= 0.6 is 0 Å². The van der Waals surface area contributed by atoms with Gasteiger partial charge in [0.2, 0.25) is 5.79 Å². The number of nitrogens with zero attached hydrogens (tertiary/aromatic N) is 1. The van der Waals surface area contributed by atoms with Crippen LogP contribution in [0.3, 0.4) is 0 Å². The van der Waals surface area contributed by atoms with Crippen molar-refractivity contribution in [2.24, 2.45) is 0 Å². The van der Waals surface area contributed by atoms with E-state index in [1.165, 1.54) is 0 Å². The van der Waals surface area contributed by atoms with Gasteiger partial charge in [0.15, 0.2) is 11.8 Å². The molecule has 2 saturated heterocycles. The van der Waals surface area contributed by atoms with E-state index in [0.29, 0.717) is 32.5 Å². The summed E-state index contributed by atoms with van der Waals surface area (Å²) >= 11 is 0. The van der Waals surface area contributed by atoms with Gasteiger partial charge in [0.1, 0.15) is 0 Å². The minimum atomic E-state index is -1.36. The second kappa shape index (κ2) is 7.64. The molecule has 2 fully saturated rings. The fourth-order valence-corrected chi connectivity index (χ4v) is 3.29. The first-order chi connectivity index (χ1) is 12.4. The fourth-order valence-electron chi connectivity index (χ4n) is 3.29. The molecule has 0 bridgehead atoms. The molecular weight excluding hydrogens is 348 g/mol. The van der Waals surface area contributed by atoms with Crippen molar-refractivity contribution >= 4 is 17.3 Å². The highest BCUT2D eigenvalue weighted by atomic mass is 16.8. The standard InChI is InChI=1S/C16H20N2O8/c19-15(11-8-12(17(20)21)10-13(9-11)18(22)23)26-14-4-3-7-25-16(14)5-1-2-6-24-16/h8-10,14,17,20H,1-7H2/t14-,16+/m0/s1. The molecule has 2 aliphatic rings. The zero-order chi connectivity index (χ0) is 18.7. The Balaban J connectivity index is 1.83. The lowest BCUT2D eigenvalue weighted by molar-refractivity contribution is -0.991. The normalized spacial score (nSPS) is 27.1. The third-order valence-corrected chi connectivity index (χ3v) is 4.57. The van der Waals surface area contributed by atoms with Gasteiger partial charge in [-0.2, -0.15) is 5.23 Å². The molecule has 0 aliphatic carbocycles. The first-order valence-electron chi connectivity index (χ1n) is 8.43. The average molecular weight is 368 g/mol. The third-order valence-electron chi connectivity index (χ3n) is 4.57. The number of non-ortho nitro benzene ring substituents is 1. The van der Waals surface area contributed by atoms with Gasteiger partial charge in [0, 0.05) is 18.6 Å². The second-order valence-electron chi connectivity index (χ2n) is 6.33. The topological polar surface area (TPSA) is 136 Å². The van der Waals surface area contributed by atoms with Crippen LogP contribution in [-0.2, 0) is 14.2 Å². The molecule has 26 heavy (non-hydrogen) atoms. The van der Waals surface area contributed by atoms with Crippen LogP contribution in [0.2, 0.25) is 0 Å². The van der Waals surface area contributed by atoms with E-state index >= 15 is 0 Å². The maximum atomic E-state index is 12.5. The quantitative estimate of drug-likeness (QED) is 0.460. The van der Waals surface area contributed by atoms with Gasteiger partial charge in [-0.05, 0) is 25.7 Å². The number of nitro groups is 1. The Bertz CT molecular complexity index is 679. The molecule has 2 aliphatic heterocycles. The number of carbonyl (C=O) groups excluding carboxylic acids is 1. The summed E-state index contributed by atoms with van der Waals surface area (Å²) in [7, 11) is 0. The highest BCUT2D eigenvalue weighted by Gasteiger charge is 2.47. The number of nitrogens with one attached hydrogen (secondary N) is 1. The molecule has 0 radical (unpaired) electrons. The van der Waals surface area contributed by atoms with Crippen molar-refractivity contribution in [2.45, 2.75) is 44.0 Å². The van der Waals surface area contributed by atoms with Crippen molar-refractivity contribution in [3.05, 3.63) is 39.1 Å². The number of nitro benzene ring substituents is 1. The van der Waals surface area contributed by atoms with Crippen LogP contribution in [0.5, 0.6) is 0 Å². The molecule has 0 saturated carbocycles. The molecule has 1 aromatic rings. The smallest absolute Gasteiger partial charge is 0.339 e. The lowest BCUT2D eigenvalue weighted by atomic mass is 9.94. The number of esters is 1. The predicted octanol–water partition coefficient (Wildman–Crippen LogP) is 1.23. The molecule has 1 spiro atoms. The van der Waals surface area contributed by atoms with Crippen molar-refractivity contribution in [1.82, 2.24) is 0 Å². The Kier molecular flexibility index (Phi) is 5.49. The molecule has 1 aromatic carbocycles. The molecule has 3 atom stereocenters. The molecular formula is C16H20N2O8. The maximum Gasteiger partial charge on any atom is 0.339 e. The van der Waals surface area contributed by atoms with Crippen molar-refractivity contribution in [1.29, 1.82) is 0 Å². The van der Waals surface area contributed by atoms with Crippen molar-refractivity contribution in [3.63, 3.8) is 0 Å². The van der Waals surface area contributed by atoms with Crippen LogP contribution < -0.4 is 5.23 Å². The monoisotopic (exact) mass is 368 g/mol. The molecule has 0 amide bonds. The summed E-state index contributed by atoms with van der Waals surface area (Å²) in [6.45, 7) is 1.02. The number of hydrogen-bond acceptors (Lipinski definition) is 8.